The van der Waals surface area contributed by atoms with Crippen LogP contribution in [0.2, 0.25) is 0 Å². The molecule has 0 bridgehead atoms. The molecule has 2 aromatic carbocycles. The number of aryl methyl sites for hydroxylation is 1. The highest BCUT2D eigenvalue weighted by molar-refractivity contribution is 5.46. The van der Waals surface area contributed by atoms with Crippen molar-refractivity contribution in [1.29, 1.82) is 0 Å². The zero-order valence-electron chi connectivity index (χ0n) is 9.85. The Hall–Kier alpha value is -1.76. The lowest BCUT2D eigenvalue weighted by molar-refractivity contribution is 0.914. The van der Waals surface area contributed by atoms with Crippen LogP contribution in [0.4, 0.5) is 5.69 Å². The molecule has 0 aromatic heterocycles. The third-order valence-electron chi connectivity index (χ3n) is 2.87. The van der Waals surface area contributed by atoms with Gasteiger partial charge in [0, 0.05) is 19.3 Å². The van der Waals surface area contributed by atoms with Crippen LogP contribution in [0.3, 0.4) is 0 Å². The fraction of sp³-hybridized carbons (Fsp3) is 0.200. The van der Waals surface area contributed by atoms with Gasteiger partial charge in [-0.3, -0.25) is 0 Å². The van der Waals surface area contributed by atoms with Crippen molar-refractivity contribution in [3.8, 4) is 0 Å². The van der Waals surface area contributed by atoms with Crippen LogP contribution in [-0.4, -0.2) is 7.05 Å². The Balaban J connectivity index is 2.14. The van der Waals surface area contributed by atoms with Gasteiger partial charge >= 0.3 is 0 Å². The third kappa shape index (κ3) is 2.43. The Kier molecular flexibility index (Phi) is 3.25. The molecule has 0 amide bonds. The molecule has 1 nitrogen and oxygen atoms in total. The molecule has 0 spiro atoms. The minimum atomic E-state index is 0.955. The van der Waals surface area contributed by atoms with Gasteiger partial charge in [0.15, 0.2) is 0 Å². The van der Waals surface area contributed by atoms with Crippen LogP contribution in [0.25, 0.3) is 0 Å². The number of anilines is 1. The minimum absolute atomic E-state index is 0.955. The SMILES string of the molecule is Cc1ccccc1CN(C)c1ccccc1. The number of hydrogen-bond donors (Lipinski definition) is 0. The standard InChI is InChI=1S/C15H17N/c1-13-8-6-7-9-14(13)12-16(2)15-10-4-3-5-11-15/h3-11H,12H2,1-2H3. The van der Waals surface area contributed by atoms with E-state index in [1.165, 1.54) is 16.8 Å². The first-order chi connectivity index (χ1) is 7.77. The van der Waals surface area contributed by atoms with Gasteiger partial charge in [-0.2, -0.15) is 0 Å². The van der Waals surface area contributed by atoms with Crippen LogP contribution in [0.5, 0.6) is 0 Å². The highest BCUT2D eigenvalue weighted by Gasteiger charge is 2.02. The lowest BCUT2D eigenvalue weighted by Gasteiger charge is -2.20. The summed E-state index contributed by atoms with van der Waals surface area (Å²) < 4.78 is 0. The van der Waals surface area contributed by atoms with E-state index in [0.29, 0.717) is 0 Å². The molecule has 0 saturated carbocycles. The van der Waals surface area contributed by atoms with Crippen molar-refractivity contribution in [1.82, 2.24) is 0 Å². The first kappa shape index (κ1) is 10.7. The number of nitrogens with zero attached hydrogens (tertiary/aromatic N) is 1. The van der Waals surface area contributed by atoms with E-state index >= 15 is 0 Å². The summed E-state index contributed by atoms with van der Waals surface area (Å²) in [6.07, 6.45) is 0. The van der Waals surface area contributed by atoms with E-state index in [2.05, 4.69) is 67.4 Å². The van der Waals surface area contributed by atoms with E-state index in [9.17, 15) is 0 Å². The number of benzene rings is 2. The van der Waals surface area contributed by atoms with Crippen molar-refractivity contribution in [2.45, 2.75) is 13.5 Å². The van der Waals surface area contributed by atoms with E-state index in [4.69, 9.17) is 0 Å². The molecular formula is C15H17N. The first-order valence-electron chi connectivity index (χ1n) is 5.58. The van der Waals surface area contributed by atoms with Crippen LogP contribution in [0.1, 0.15) is 11.1 Å². The van der Waals surface area contributed by atoms with Gasteiger partial charge in [-0.1, -0.05) is 42.5 Å². The maximum atomic E-state index is 2.27. The van der Waals surface area contributed by atoms with Crippen molar-refractivity contribution in [3.63, 3.8) is 0 Å². The number of hydrogen-bond acceptors (Lipinski definition) is 1. The predicted octanol–water partition coefficient (Wildman–Crippen LogP) is 3.63. The fourth-order valence-corrected chi connectivity index (χ4v) is 1.82. The average molecular weight is 211 g/mol. The zero-order chi connectivity index (χ0) is 11.4. The summed E-state index contributed by atoms with van der Waals surface area (Å²) in [5, 5.41) is 0. The Labute approximate surface area is 97.3 Å². The molecule has 2 rings (SSSR count). The monoisotopic (exact) mass is 211 g/mol. The number of para-hydroxylation sites is 1. The van der Waals surface area contributed by atoms with Crippen molar-refractivity contribution >= 4 is 5.69 Å². The maximum Gasteiger partial charge on any atom is 0.0428 e. The molecule has 0 aliphatic heterocycles. The fourth-order valence-electron chi connectivity index (χ4n) is 1.82. The average Bonchev–Trinajstić information content (AvgIpc) is 2.33. The van der Waals surface area contributed by atoms with Gasteiger partial charge in [0.05, 0.1) is 0 Å². The molecule has 0 unspecified atom stereocenters. The molecule has 0 aliphatic rings. The van der Waals surface area contributed by atoms with Gasteiger partial charge in [-0.15, -0.1) is 0 Å². The van der Waals surface area contributed by atoms with Crippen molar-refractivity contribution < 1.29 is 0 Å². The molecule has 0 fully saturated rings. The Morgan fingerprint density at radius 3 is 2.19 bits per heavy atom. The minimum Gasteiger partial charge on any atom is -0.370 e. The summed E-state index contributed by atoms with van der Waals surface area (Å²) in [6, 6.07) is 19.0. The van der Waals surface area contributed by atoms with Crippen LogP contribution < -0.4 is 4.90 Å². The smallest absolute Gasteiger partial charge is 0.0428 e. The van der Waals surface area contributed by atoms with Crippen LogP contribution in [0.15, 0.2) is 54.6 Å². The van der Waals surface area contributed by atoms with Crippen LogP contribution in [0, 0.1) is 6.92 Å². The lowest BCUT2D eigenvalue weighted by Crippen LogP contribution is -2.16. The van der Waals surface area contributed by atoms with E-state index in [-0.39, 0.29) is 0 Å². The second kappa shape index (κ2) is 4.84. The summed E-state index contributed by atoms with van der Waals surface area (Å²) in [4.78, 5) is 2.27. The molecule has 0 atom stereocenters. The first-order valence-corrected chi connectivity index (χ1v) is 5.58. The largest absolute Gasteiger partial charge is 0.370 e. The molecule has 0 N–H and O–H groups in total. The second-order valence-electron chi connectivity index (χ2n) is 4.12. The highest BCUT2D eigenvalue weighted by atomic mass is 15.1. The number of rotatable bonds is 3. The van der Waals surface area contributed by atoms with Gasteiger partial charge in [0.2, 0.25) is 0 Å². The molecule has 0 heterocycles. The maximum absolute atomic E-state index is 2.27. The summed E-state index contributed by atoms with van der Waals surface area (Å²) in [5.74, 6) is 0. The topological polar surface area (TPSA) is 3.24 Å². The molecule has 0 saturated heterocycles. The highest BCUT2D eigenvalue weighted by Crippen LogP contribution is 2.16. The predicted molar refractivity (Wildman–Crippen MR) is 69.7 cm³/mol. The van der Waals surface area contributed by atoms with Crippen molar-refractivity contribution in [2.24, 2.45) is 0 Å². The van der Waals surface area contributed by atoms with Crippen molar-refractivity contribution in [2.75, 3.05) is 11.9 Å². The van der Waals surface area contributed by atoms with Gasteiger partial charge < -0.3 is 4.90 Å². The summed E-state index contributed by atoms with van der Waals surface area (Å²) in [7, 11) is 2.13. The van der Waals surface area contributed by atoms with Gasteiger partial charge in [-0.05, 0) is 30.2 Å². The van der Waals surface area contributed by atoms with Crippen LogP contribution >= 0.6 is 0 Å². The summed E-state index contributed by atoms with van der Waals surface area (Å²) in [5.41, 5.74) is 3.99. The molecule has 1 heteroatoms. The molecule has 0 radical (unpaired) electrons. The zero-order valence-corrected chi connectivity index (χ0v) is 9.85. The Morgan fingerprint density at radius 2 is 1.50 bits per heavy atom. The van der Waals surface area contributed by atoms with E-state index < -0.39 is 0 Å². The van der Waals surface area contributed by atoms with Crippen LogP contribution in [-0.2, 0) is 6.54 Å². The van der Waals surface area contributed by atoms with Gasteiger partial charge in [0.25, 0.3) is 0 Å². The Morgan fingerprint density at radius 1 is 0.875 bits per heavy atom. The second-order valence-corrected chi connectivity index (χ2v) is 4.12. The molecular weight excluding hydrogens is 194 g/mol. The third-order valence-corrected chi connectivity index (χ3v) is 2.87. The lowest BCUT2D eigenvalue weighted by atomic mass is 10.1. The molecule has 2 aromatic rings. The summed E-state index contributed by atoms with van der Waals surface area (Å²) >= 11 is 0. The molecule has 16 heavy (non-hydrogen) atoms. The Bertz CT molecular complexity index is 448. The molecule has 0 aliphatic carbocycles. The van der Waals surface area contributed by atoms with E-state index in [1.54, 1.807) is 0 Å². The normalized spacial score (nSPS) is 10.1. The van der Waals surface area contributed by atoms with Gasteiger partial charge in [-0.25, -0.2) is 0 Å². The van der Waals surface area contributed by atoms with Gasteiger partial charge in [0.1, 0.15) is 0 Å². The van der Waals surface area contributed by atoms with E-state index in [1.807, 2.05) is 6.07 Å². The summed E-state index contributed by atoms with van der Waals surface area (Å²) in [6.45, 7) is 3.12. The van der Waals surface area contributed by atoms with Crippen molar-refractivity contribution in [3.05, 3.63) is 65.7 Å². The quantitative estimate of drug-likeness (QED) is 0.749. The van der Waals surface area contributed by atoms with E-state index in [0.717, 1.165) is 6.54 Å². The molecule has 82 valence electrons.